The summed E-state index contributed by atoms with van der Waals surface area (Å²) in [7, 11) is 0. The van der Waals surface area contributed by atoms with Crippen LogP contribution in [0.2, 0.25) is 0 Å². The van der Waals surface area contributed by atoms with E-state index in [9.17, 15) is 4.79 Å². The van der Waals surface area contributed by atoms with E-state index in [1.54, 1.807) is 6.33 Å². The van der Waals surface area contributed by atoms with Gasteiger partial charge < -0.3 is 14.5 Å². The summed E-state index contributed by atoms with van der Waals surface area (Å²) in [6, 6.07) is 10.1. The molecule has 0 spiro atoms. The first kappa shape index (κ1) is 17.9. The van der Waals surface area contributed by atoms with E-state index >= 15 is 0 Å². The first-order chi connectivity index (χ1) is 14.1. The smallest absolute Gasteiger partial charge is 0.253 e. The Hall–Kier alpha value is -3.15. The van der Waals surface area contributed by atoms with Crippen molar-refractivity contribution >= 4 is 28.0 Å². The molecule has 0 atom stereocenters. The molecule has 0 saturated carbocycles. The van der Waals surface area contributed by atoms with Crippen molar-refractivity contribution in [2.45, 2.75) is 33.2 Å². The molecule has 0 bridgehead atoms. The lowest BCUT2D eigenvalue weighted by Gasteiger charge is -2.32. The van der Waals surface area contributed by atoms with Crippen LogP contribution in [-0.2, 0) is 6.54 Å². The maximum absolute atomic E-state index is 12.9. The summed E-state index contributed by atoms with van der Waals surface area (Å²) >= 11 is 0. The van der Waals surface area contributed by atoms with Crippen LogP contribution in [0.5, 0.6) is 0 Å². The highest BCUT2D eigenvalue weighted by Crippen LogP contribution is 2.25. The fourth-order valence-electron chi connectivity index (χ4n) is 4.31. The van der Waals surface area contributed by atoms with E-state index < -0.39 is 0 Å². The molecule has 6 nitrogen and oxygen atoms in total. The number of fused-ring (bicyclic) bond motifs is 2. The summed E-state index contributed by atoms with van der Waals surface area (Å²) in [6.45, 7) is 6.84. The molecule has 1 aliphatic rings. The molecule has 148 valence electrons. The number of hydrogen-bond acceptors (Lipinski definition) is 3. The molecular formula is C23H25N5O. The Morgan fingerprint density at radius 2 is 1.86 bits per heavy atom. The second kappa shape index (κ2) is 7.03. The van der Waals surface area contributed by atoms with E-state index in [4.69, 9.17) is 0 Å². The van der Waals surface area contributed by atoms with Gasteiger partial charge >= 0.3 is 0 Å². The average molecular weight is 387 g/mol. The highest BCUT2D eigenvalue weighted by atomic mass is 16.2. The van der Waals surface area contributed by atoms with Crippen molar-refractivity contribution in [2.75, 3.05) is 13.1 Å². The molecule has 29 heavy (non-hydrogen) atoms. The number of aryl methyl sites for hydroxylation is 2. The van der Waals surface area contributed by atoms with Gasteiger partial charge in [-0.1, -0.05) is 0 Å². The molecule has 0 unspecified atom stereocenters. The van der Waals surface area contributed by atoms with E-state index in [1.165, 1.54) is 16.6 Å². The van der Waals surface area contributed by atoms with Gasteiger partial charge in [0.25, 0.3) is 5.91 Å². The van der Waals surface area contributed by atoms with Crippen molar-refractivity contribution in [3.05, 3.63) is 59.7 Å². The van der Waals surface area contributed by atoms with Crippen LogP contribution in [0.25, 0.3) is 22.1 Å². The van der Waals surface area contributed by atoms with Crippen molar-refractivity contribution in [3.8, 4) is 0 Å². The number of aromatic nitrogens is 4. The van der Waals surface area contributed by atoms with Gasteiger partial charge in [0.1, 0.15) is 0 Å². The quantitative estimate of drug-likeness (QED) is 0.576. The van der Waals surface area contributed by atoms with Gasteiger partial charge in [-0.25, -0.2) is 9.97 Å². The predicted octanol–water partition coefficient (Wildman–Crippen LogP) is 4.08. The molecule has 1 fully saturated rings. The minimum absolute atomic E-state index is 0.110. The van der Waals surface area contributed by atoms with Gasteiger partial charge in [-0.3, -0.25) is 4.79 Å². The number of H-pyrrole nitrogens is 1. The molecule has 2 aromatic carbocycles. The highest BCUT2D eigenvalue weighted by molar-refractivity contribution is 5.97. The third-order valence-electron chi connectivity index (χ3n) is 6.26. The third kappa shape index (κ3) is 3.28. The topological polar surface area (TPSA) is 66.8 Å². The van der Waals surface area contributed by atoms with Gasteiger partial charge in [-0.15, -0.1) is 0 Å². The molecule has 1 N–H and O–H groups in total. The summed E-state index contributed by atoms with van der Waals surface area (Å²) in [5, 5.41) is 0. The zero-order chi connectivity index (χ0) is 20.0. The third-order valence-corrected chi connectivity index (χ3v) is 6.26. The fourth-order valence-corrected chi connectivity index (χ4v) is 4.31. The van der Waals surface area contributed by atoms with Gasteiger partial charge in [0.15, 0.2) is 0 Å². The molecule has 1 amide bonds. The van der Waals surface area contributed by atoms with Crippen molar-refractivity contribution in [3.63, 3.8) is 0 Å². The number of piperidine rings is 1. The monoisotopic (exact) mass is 387 g/mol. The Labute approximate surface area is 169 Å². The SMILES string of the molecule is Cc1cc2ncn(CC3CCN(C(=O)c4ccc5nc[nH]c5c4)CC3)c2cc1C. The summed E-state index contributed by atoms with van der Waals surface area (Å²) in [4.78, 5) is 26.8. The molecular weight excluding hydrogens is 362 g/mol. The molecule has 0 aliphatic carbocycles. The summed E-state index contributed by atoms with van der Waals surface area (Å²) < 4.78 is 2.27. The van der Waals surface area contributed by atoms with E-state index in [0.717, 1.165) is 54.6 Å². The summed E-state index contributed by atoms with van der Waals surface area (Å²) in [6.07, 6.45) is 5.65. The number of likely N-dealkylation sites (tertiary alicyclic amines) is 1. The lowest BCUT2D eigenvalue weighted by molar-refractivity contribution is 0.0683. The van der Waals surface area contributed by atoms with Gasteiger partial charge in [0.05, 0.1) is 34.7 Å². The minimum atomic E-state index is 0.110. The Bertz CT molecular complexity index is 1200. The maximum atomic E-state index is 12.9. The van der Waals surface area contributed by atoms with Crippen molar-refractivity contribution in [1.29, 1.82) is 0 Å². The average Bonchev–Trinajstić information content (AvgIpc) is 3.35. The van der Waals surface area contributed by atoms with Crippen LogP contribution in [0.1, 0.15) is 34.3 Å². The molecule has 4 aromatic rings. The molecule has 0 radical (unpaired) electrons. The van der Waals surface area contributed by atoms with E-state index in [-0.39, 0.29) is 5.91 Å². The number of carbonyl (C=O) groups is 1. The lowest BCUT2D eigenvalue weighted by Crippen LogP contribution is -2.39. The van der Waals surface area contributed by atoms with Gasteiger partial charge in [-0.2, -0.15) is 0 Å². The standard InChI is InChI=1S/C23H25N5O/c1-15-9-21-22(10-16(15)2)28(14-26-21)12-17-5-7-27(8-6-17)23(29)18-3-4-19-20(11-18)25-13-24-19/h3-4,9-11,13-14,17H,5-8,12H2,1-2H3,(H,24,25). The van der Waals surface area contributed by atoms with Crippen LogP contribution < -0.4 is 0 Å². The van der Waals surface area contributed by atoms with Gasteiger partial charge in [0.2, 0.25) is 0 Å². The van der Waals surface area contributed by atoms with Crippen LogP contribution in [0, 0.1) is 19.8 Å². The number of nitrogens with one attached hydrogen (secondary N) is 1. The van der Waals surface area contributed by atoms with E-state index in [0.29, 0.717) is 5.92 Å². The second-order valence-corrected chi connectivity index (χ2v) is 8.19. The molecule has 2 aromatic heterocycles. The molecule has 1 aliphatic heterocycles. The van der Waals surface area contributed by atoms with Gasteiger partial charge in [-0.05, 0) is 74.1 Å². The fraction of sp³-hybridized carbons (Fsp3) is 0.348. The molecule has 1 saturated heterocycles. The number of carbonyl (C=O) groups excluding carboxylic acids is 1. The van der Waals surface area contributed by atoms with E-state index in [1.807, 2.05) is 29.4 Å². The number of aromatic amines is 1. The Morgan fingerprint density at radius 3 is 2.69 bits per heavy atom. The first-order valence-electron chi connectivity index (χ1n) is 10.2. The van der Waals surface area contributed by atoms with Crippen LogP contribution >= 0.6 is 0 Å². The Balaban J connectivity index is 1.25. The Kier molecular flexibility index (Phi) is 4.34. The summed E-state index contributed by atoms with van der Waals surface area (Å²) in [5.74, 6) is 0.673. The summed E-state index contributed by atoms with van der Waals surface area (Å²) in [5.41, 5.74) is 7.37. The number of imidazole rings is 2. The second-order valence-electron chi connectivity index (χ2n) is 8.19. The predicted molar refractivity (Wildman–Crippen MR) is 114 cm³/mol. The highest BCUT2D eigenvalue weighted by Gasteiger charge is 2.24. The number of nitrogens with zero attached hydrogens (tertiary/aromatic N) is 4. The van der Waals surface area contributed by atoms with E-state index in [2.05, 4.69) is 45.5 Å². The number of rotatable bonds is 3. The normalized spacial score (nSPS) is 15.4. The van der Waals surface area contributed by atoms with Crippen LogP contribution in [-0.4, -0.2) is 43.4 Å². The zero-order valence-corrected chi connectivity index (χ0v) is 16.9. The number of amides is 1. The first-order valence-corrected chi connectivity index (χ1v) is 10.2. The van der Waals surface area contributed by atoms with Crippen molar-refractivity contribution < 1.29 is 4.79 Å². The largest absolute Gasteiger partial charge is 0.345 e. The maximum Gasteiger partial charge on any atom is 0.253 e. The molecule has 3 heterocycles. The zero-order valence-electron chi connectivity index (χ0n) is 16.9. The number of hydrogen-bond donors (Lipinski definition) is 1. The van der Waals surface area contributed by atoms with Crippen molar-refractivity contribution in [2.24, 2.45) is 5.92 Å². The van der Waals surface area contributed by atoms with Crippen LogP contribution in [0.15, 0.2) is 43.0 Å². The van der Waals surface area contributed by atoms with Crippen LogP contribution in [0.3, 0.4) is 0 Å². The molecule has 5 rings (SSSR count). The molecule has 6 heteroatoms. The van der Waals surface area contributed by atoms with Crippen molar-refractivity contribution in [1.82, 2.24) is 24.4 Å². The van der Waals surface area contributed by atoms with Gasteiger partial charge in [0, 0.05) is 25.2 Å². The number of benzene rings is 2. The lowest BCUT2D eigenvalue weighted by atomic mass is 9.96. The Morgan fingerprint density at radius 1 is 1.07 bits per heavy atom. The minimum Gasteiger partial charge on any atom is -0.345 e. The van der Waals surface area contributed by atoms with Crippen LogP contribution in [0.4, 0.5) is 0 Å².